The number of hydrogen-bond acceptors (Lipinski definition) is 3. The molecule has 66 valence electrons. The molecule has 0 unspecified atom stereocenters. The molecule has 7 nitrogen and oxygen atoms in total. The van der Waals surface area contributed by atoms with Gasteiger partial charge in [-0.3, -0.25) is 4.79 Å². The molecule has 0 radical (unpaired) electrons. The van der Waals surface area contributed by atoms with Crippen LogP contribution in [0, 0.1) is 0 Å². The van der Waals surface area contributed by atoms with Crippen LogP contribution >= 0.6 is 0 Å². The van der Waals surface area contributed by atoms with E-state index < -0.39 is 12.1 Å². The van der Waals surface area contributed by atoms with E-state index in [2.05, 4.69) is 4.74 Å². The Labute approximate surface area is 84.6 Å². The summed E-state index contributed by atoms with van der Waals surface area (Å²) < 4.78 is 3.53. The van der Waals surface area contributed by atoms with Crippen LogP contribution in [0.2, 0.25) is 0 Å². The quantitative estimate of drug-likeness (QED) is 0.242. The van der Waals surface area contributed by atoms with Crippen LogP contribution in [0.15, 0.2) is 0 Å². The molecule has 0 amide bonds. The number of esters is 1. The van der Waals surface area contributed by atoms with E-state index in [0.717, 1.165) is 6.92 Å². The van der Waals surface area contributed by atoms with Crippen molar-refractivity contribution in [2.24, 2.45) is 0 Å². The molecule has 0 bridgehead atoms. The molecule has 0 fully saturated rings. The van der Waals surface area contributed by atoms with E-state index in [-0.39, 0.29) is 46.0 Å². The summed E-state index contributed by atoms with van der Waals surface area (Å²) in [6, 6.07) is 0. The molecule has 0 aromatic rings. The first-order valence-corrected chi connectivity index (χ1v) is 1.54. The van der Waals surface area contributed by atoms with Gasteiger partial charge >= 0.3 is 41.7 Å². The van der Waals surface area contributed by atoms with Gasteiger partial charge in [0.25, 0.3) is 0 Å². The van der Waals surface area contributed by atoms with Crippen LogP contribution in [-0.2, 0) is 9.53 Å². The van der Waals surface area contributed by atoms with E-state index in [9.17, 15) is 9.59 Å². The molecule has 0 aromatic heterocycles. The summed E-state index contributed by atoms with van der Waals surface area (Å²) in [7, 11) is 0. The van der Waals surface area contributed by atoms with Crippen molar-refractivity contribution in [1.29, 1.82) is 0 Å². The summed E-state index contributed by atoms with van der Waals surface area (Å²) in [4.78, 5) is 19.0. The number of carboxylic acid groups (broad SMARTS) is 1. The van der Waals surface area contributed by atoms with Gasteiger partial charge in [-0.2, -0.15) is 0 Å². The summed E-state index contributed by atoms with van der Waals surface area (Å²) >= 11 is 0. The van der Waals surface area contributed by atoms with Gasteiger partial charge in [-0.15, -0.1) is 0 Å². The number of carbonyl (C=O) groups excluding carboxylic acids is 1. The third-order valence-electron chi connectivity index (χ3n) is 0.231. The third-order valence-corrected chi connectivity index (χ3v) is 0.231. The summed E-state index contributed by atoms with van der Waals surface area (Å²) in [6.45, 7) is 1.02. The van der Waals surface area contributed by atoms with Crippen LogP contribution in [0.1, 0.15) is 6.92 Å². The Morgan fingerprint density at radius 1 is 1.18 bits per heavy atom. The van der Waals surface area contributed by atoms with Crippen molar-refractivity contribution < 1.29 is 35.9 Å². The predicted octanol–water partition coefficient (Wildman–Crippen LogP) is -2.90. The number of hydrogen-bond donors (Lipinski definition) is 1. The Morgan fingerprint density at radius 2 is 1.45 bits per heavy atom. The first-order chi connectivity index (χ1) is 3.13. The summed E-state index contributed by atoms with van der Waals surface area (Å²) in [6.07, 6.45) is -1.56. The molecule has 0 aliphatic rings. The Hall–Kier alpha value is -0.180. The van der Waals surface area contributed by atoms with Crippen molar-refractivity contribution in [3.8, 4) is 0 Å². The average molecular weight is 182 g/mol. The fourth-order valence-corrected chi connectivity index (χ4v) is 0.123. The molecular formula is C3H11NaO7. The van der Waals surface area contributed by atoms with Crippen molar-refractivity contribution in [3.05, 3.63) is 0 Å². The zero-order valence-corrected chi connectivity index (χ0v) is 5.17. The summed E-state index contributed by atoms with van der Waals surface area (Å²) in [5, 5.41) is 7.64. The van der Waals surface area contributed by atoms with Crippen molar-refractivity contribution >= 4 is 41.7 Å². The van der Waals surface area contributed by atoms with E-state index >= 15 is 0 Å². The minimum atomic E-state index is -1.56. The van der Waals surface area contributed by atoms with E-state index in [1.54, 1.807) is 0 Å². The van der Waals surface area contributed by atoms with Gasteiger partial charge in [0.1, 0.15) is 0 Å². The van der Waals surface area contributed by atoms with Gasteiger partial charge < -0.3 is 26.3 Å². The molecule has 8 heteroatoms. The van der Waals surface area contributed by atoms with Gasteiger partial charge in [0.2, 0.25) is 0 Å². The molecule has 0 saturated heterocycles. The minimum absolute atomic E-state index is 0. The van der Waals surface area contributed by atoms with Crippen molar-refractivity contribution in [3.63, 3.8) is 0 Å². The standard InChI is InChI=1S/C3H4O4.Na.3H2O.H/c1-2(4)7-3(5)6;;;;;/h1H3,(H,5,6);;3*1H2;. The van der Waals surface area contributed by atoms with Gasteiger partial charge in [0.05, 0.1) is 0 Å². The Morgan fingerprint density at radius 3 is 1.45 bits per heavy atom. The summed E-state index contributed by atoms with van der Waals surface area (Å²) in [5.74, 6) is -0.812. The first-order valence-electron chi connectivity index (χ1n) is 1.54. The number of ether oxygens (including phenoxy) is 1. The van der Waals surface area contributed by atoms with Gasteiger partial charge in [0.15, 0.2) is 0 Å². The Balaban J connectivity index is -0.0000000300. The second-order valence-electron chi connectivity index (χ2n) is 0.860. The van der Waals surface area contributed by atoms with Crippen molar-refractivity contribution in [1.82, 2.24) is 0 Å². The third kappa shape index (κ3) is 41.2. The maximum atomic E-state index is 9.65. The van der Waals surface area contributed by atoms with Crippen LogP contribution in [0.3, 0.4) is 0 Å². The number of rotatable bonds is 0. The molecule has 0 atom stereocenters. The van der Waals surface area contributed by atoms with E-state index in [0.29, 0.717) is 0 Å². The molecular weight excluding hydrogens is 171 g/mol. The molecule has 0 saturated carbocycles. The van der Waals surface area contributed by atoms with Crippen LogP contribution in [0.5, 0.6) is 0 Å². The molecule has 0 aromatic carbocycles. The topological polar surface area (TPSA) is 158 Å². The van der Waals surface area contributed by atoms with E-state index in [1.807, 2.05) is 0 Å². The fourth-order valence-electron chi connectivity index (χ4n) is 0.123. The molecule has 0 rings (SSSR count). The molecule has 11 heavy (non-hydrogen) atoms. The normalized spacial score (nSPS) is 4.82. The van der Waals surface area contributed by atoms with Gasteiger partial charge in [-0.1, -0.05) is 0 Å². The van der Waals surface area contributed by atoms with Gasteiger partial charge in [0, 0.05) is 6.92 Å². The zero-order chi connectivity index (χ0) is 5.86. The van der Waals surface area contributed by atoms with Crippen LogP contribution < -0.4 is 0 Å². The van der Waals surface area contributed by atoms with Crippen LogP contribution in [0.25, 0.3) is 0 Å². The average Bonchev–Trinajstić information content (AvgIpc) is 1.27. The molecule has 0 spiro atoms. The molecule has 0 aliphatic carbocycles. The van der Waals surface area contributed by atoms with Gasteiger partial charge in [-0.25, -0.2) is 4.79 Å². The predicted molar refractivity (Wildman–Crippen MR) is 37.8 cm³/mol. The monoisotopic (exact) mass is 182 g/mol. The molecule has 0 heterocycles. The molecule has 7 N–H and O–H groups in total. The van der Waals surface area contributed by atoms with E-state index in [1.165, 1.54) is 0 Å². The zero-order valence-electron chi connectivity index (χ0n) is 5.17. The maximum absolute atomic E-state index is 9.65. The number of carbonyl (C=O) groups is 2. The molecule has 0 aliphatic heterocycles. The second-order valence-corrected chi connectivity index (χ2v) is 0.860. The van der Waals surface area contributed by atoms with Crippen LogP contribution in [0.4, 0.5) is 4.79 Å². The van der Waals surface area contributed by atoms with Gasteiger partial charge in [-0.05, 0) is 0 Å². The first kappa shape index (κ1) is 30.8. The summed E-state index contributed by atoms with van der Waals surface area (Å²) in [5.41, 5.74) is 0. The van der Waals surface area contributed by atoms with E-state index in [4.69, 9.17) is 5.11 Å². The second kappa shape index (κ2) is 16.4. The Kier molecular flexibility index (Phi) is 46.0. The van der Waals surface area contributed by atoms with Crippen molar-refractivity contribution in [2.45, 2.75) is 6.92 Å². The SMILES string of the molecule is CC(=O)OC(=O)O.O.O.O.[NaH]. The Bertz CT molecular complexity index is 89.9. The van der Waals surface area contributed by atoms with Crippen LogP contribution in [-0.4, -0.2) is 63.2 Å². The fraction of sp³-hybridized carbons (Fsp3) is 0.333. The van der Waals surface area contributed by atoms with Crippen molar-refractivity contribution in [2.75, 3.05) is 0 Å².